The predicted molar refractivity (Wildman–Crippen MR) is 59.6 cm³/mol. The first-order valence-corrected chi connectivity index (χ1v) is 5.57. The summed E-state index contributed by atoms with van der Waals surface area (Å²) < 4.78 is 30.9. The zero-order chi connectivity index (χ0) is 14.0. The molecule has 0 aliphatic carbocycles. The van der Waals surface area contributed by atoms with Crippen molar-refractivity contribution >= 4 is 11.9 Å². The van der Waals surface area contributed by atoms with Crippen molar-refractivity contribution in [2.24, 2.45) is 0 Å². The van der Waals surface area contributed by atoms with Crippen LogP contribution in [0.2, 0.25) is 0 Å². The molecule has 1 unspecified atom stereocenters. The maximum atomic E-state index is 13.1. The summed E-state index contributed by atoms with van der Waals surface area (Å²) >= 11 is 0. The molecule has 7 heteroatoms. The first kappa shape index (κ1) is 13.4. The number of nitrogens with zero attached hydrogens (tertiary/aromatic N) is 1. The van der Waals surface area contributed by atoms with Crippen LogP contribution in [0.15, 0.2) is 18.2 Å². The van der Waals surface area contributed by atoms with Gasteiger partial charge in [-0.3, -0.25) is 4.79 Å². The lowest BCUT2D eigenvalue weighted by Crippen LogP contribution is -2.52. The summed E-state index contributed by atoms with van der Waals surface area (Å²) in [6.45, 7) is 0.179. The molecule has 2 rings (SSSR count). The number of halogens is 2. The minimum absolute atomic E-state index is 0.0907. The molecule has 5 nitrogen and oxygen atoms in total. The quantitative estimate of drug-likeness (QED) is 0.867. The summed E-state index contributed by atoms with van der Waals surface area (Å²) in [6.07, 6.45) is 0. The Morgan fingerprint density at radius 1 is 1.32 bits per heavy atom. The highest BCUT2D eigenvalue weighted by Crippen LogP contribution is 2.15. The summed E-state index contributed by atoms with van der Waals surface area (Å²) in [4.78, 5) is 24.2. The van der Waals surface area contributed by atoms with E-state index in [-0.39, 0.29) is 25.3 Å². The van der Waals surface area contributed by atoms with Crippen LogP contribution in [0.4, 0.5) is 8.78 Å². The maximum Gasteiger partial charge on any atom is 0.328 e. The van der Waals surface area contributed by atoms with Crippen molar-refractivity contribution < 1.29 is 28.2 Å². The van der Waals surface area contributed by atoms with E-state index in [0.29, 0.717) is 0 Å². The van der Waals surface area contributed by atoms with Crippen LogP contribution in [-0.2, 0) is 9.53 Å². The Bertz CT molecular complexity index is 520. The van der Waals surface area contributed by atoms with Crippen LogP contribution in [0.25, 0.3) is 0 Å². The van der Waals surface area contributed by atoms with Crippen LogP contribution in [-0.4, -0.2) is 47.7 Å². The molecule has 1 aliphatic heterocycles. The highest BCUT2D eigenvalue weighted by Gasteiger charge is 2.33. The van der Waals surface area contributed by atoms with Gasteiger partial charge in [-0.15, -0.1) is 0 Å². The summed E-state index contributed by atoms with van der Waals surface area (Å²) in [5.41, 5.74) is -0.0907. The van der Waals surface area contributed by atoms with E-state index in [0.717, 1.165) is 23.1 Å². The third-order valence-corrected chi connectivity index (χ3v) is 2.84. The molecule has 0 aromatic heterocycles. The summed E-state index contributed by atoms with van der Waals surface area (Å²) in [6, 6.07) is 1.59. The molecule has 1 aliphatic rings. The Morgan fingerprint density at radius 3 is 2.68 bits per heavy atom. The zero-order valence-electron chi connectivity index (χ0n) is 9.81. The number of benzene rings is 1. The molecule has 1 aromatic carbocycles. The van der Waals surface area contributed by atoms with Gasteiger partial charge in [-0.05, 0) is 18.2 Å². The largest absolute Gasteiger partial charge is 0.480 e. The van der Waals surface area contributed by atoms with E-state index >= 15 is 0 Å². The Kier molecular flexibility index (Phi) is 3.75. The number of carbonyl (C=O) groups is 2. The van der Waals surface area contributed by atoms with Gasteiger partial charge in [0.1, 0.15) is 0 Å². The van der Waals surface area contributed by atoms with Crippen LogP contribution in [0.1, 0.15) is 10.4 Å². The highest BCUT2D eigenvalue weighted by atomic mass is 19.2. The third kappa shape index (κ3) is 2.70. The van der Waals surface area contributed by atoms with Gasteiger partial charge in [0, 0.05) is 12.1 Å². The molecule has 1 N–H and O–H groups in total. The Hall–Kier alpha value is -2.02. The standard InChI is InChI=1S/C12H11F2NO4/c13-8-2-1-7(5-9(8)14)11(16)15-3-4-19-6-10(15)12(17)18/h1-2,5,10H,3-4,6H2,(H,17,18). The first-order valence-electron chi connectivity index (χ1n) is 5.57. The van der Waals surface area contributed by atoms with Crippen LogP contribution >= 0.6 is 0 Å². The number of carboxylic acid groups (broad SMARTS) is 1. The van der Waals surface area contributed by atoms with Crippen molar-refractivity contribution in [3.05, 3.63) is 35.4 Å². The average molecular weight is 271 g/mol. The third-order valence-electron chi connectivity index (χ3n) is 2.84. The fourth-order valence-corrected chi connectivity index (χ4v) is 1.85. The van der Waals surface area contributed by atoms with Crippen molar-refractivity contribution in [3.63, 3.8) is 0 Å². The van der Waals surface area contributed by atoms with Crippen LogP contribution in [0.3, 0.4) is 0 Å². The summed E-state index contributed by atoms with van der Waals surface area (Å²) in [7, 11) is 0. The molecule has 0 saturated carbocycles. The lowest BCUT2D eigenvalue weighted by Gasteiger charge is -2.32. The Labute approximate surface area is 107 Å². The predicted octanol–water partition coefficient (Wildman–Crippen LogP) is 0.890. The average Bonchev–Trinajstić information content (AvgIpc) is 2.41. The smallest absolute Gasteiger partial charge is 0.328 e. The van der Waals surface area contributed by atoms with Gasteiger partial charge in [0.2, 0.25) is 0 Å². The van der Waals surface area contributed by atoms with Crippen LogP contribution in [0.5, 0.6) is 0 Å². The van der Waals surface area contributed by atoms with Crippen LogP contribution < -0.4 is 0 Å². The zero-order valence-corrected chi connectivity index (χ0v) is 9.81. The molecule has 1 heterocycles. The second-order valence-electron chi connectivity index (χ2n) is 4.06. The van der Waals surface area contributed by atoms with E-state index in [4.69, 9.17) is 9.84 Å². The van der Waals surface area contributed by atoms with Crippen molar-refractivity contribution in [3.8, 4) is 0 Å². The number of aliphatic carboxylic acids is 1. The van der Waals surface area contributed by atoms with Gasteiger partial charge in [0.15, 0.2) is 17.7 Å². The van der Waals surface area contributed by atoms with E-state index in [2.05, 4.69) is 0 Å². The first-order chi connectivity index (χ1) is 9.00. The number of carboxylic acids is 1. The molecular weight excluding hydrogens is 260 g/mol. The lowest BCUT2D eigenvalue weighted by atomic mass is 10.1. The fourth-order valence-electron chi connectivity index (χ4n) is 1.85. The molecule has 1 saturated heterocycles. The van der Waals surface area contributed by atoms with Crippen molar-refractivity contribution in [1.29, 1.82) is 0 Å². The van der Waals surface area contributed by atoms with Gasteiger partial charge in [-0.25, -0.2) is 13.6 Å². The van der Waals surface area contributed by atoms with E-state index in [1.54, 1.807) is 0 Å². The van der Waals surface area contributed by atoms with Gasteiger partial charge in [-0.1, -0.05) is 0 Å². The number of ether oxygens (including phenoxy) is 1. The number of carbonyl (C=O) groups excluding carboxylic acids is 1. The second kappa shape index (κ2) is 5.31. The number of hydrogen-bond donors (Lipinski definition) is 1. The summed E-state index contributed by atoms with van der Waals surface area (Å²) in [5.74, 6) is -4.07. The Morgan fingerprint density at radius 2 is 2.05 bits per heavy atom. The molecule has 0 bridgehead atoms. The van der Waals surface area contributed by atoms with E-state index < -0.39 is 29.6 Å². The molecule has 1 atom stereocenters. The van der Waals surface area contributed by atoms with Gasteiger partial charge >= 0.3 is 5.97 Å². The number of rotatable bonds is 2. The monoisotopic (exact) mass is 271 g/mol. The van der Waals surface area contributed by atoms with E-state index in [1.165, 1.54) is 0 Å². The van der Waals surface area contributed by atoms with Crippen molar-refractivity contribution in [1.82, 2.24) is 4.90 Å². The van der Waals surface area contributed by atoms with Gasteiger partial charge < -0.3 is 14.7 Å². The Balaban J connectivity index is 2.26. The molecule has 1 aromatic rings. The number of morpholine rings is 1. The van der Waals surface area contributed by atoms with Gasteiger partial charge in [0.05, 0.1) is 13.2 Å². The number of hydrogen-bond acceptors (Lipinski definition) is 3. The van der Waals surface area contributed by atoms with Crippen molar-refractivity contribution in [2.75, 3.05) is 19.8 Å². The molecule has 102 valence electrons. The second-order valence-corrected chi connectivity index (χ2v) is 4.06. The summed E-state index contributed by atoms with van der Waals surface area (Å²) in [5, 5.41) is 9.00. The van der Waals surface area contributed by atoms with Gasteiger partial charge in [0.25, 0.3) is 5.91 Å². The molecule has 0 spiro atoms. The van der Waals surface area contributed by atoms with Gasteiger partial charge in [-0.2, -0.15) is 0 Å². The topological polar surface area (TPSA) is 66.8 Å². The maximum absolute atomic E-state index is 13.1. The normalized spacial score (nSPS) is 19.3. The highest BCUT2D eigenvalue weighted by molar-refractivity contribution is 5.96. The fraction of sp³-hybridized carbons (Fsp3) is 0.333. The molecule has 0 radical (unpaired) electrons. The molecule has 1 fully saturated rings. The van der Waals surface area contributed by atoms with E-state index in [1.807, 2.05) is 0 Å². The lowest BCUT2D eigenvalue weighted by molar-refractivity contribution is -0.147. The van der Waals surface area contributed by atoms with E-state index in [9.17, 15) is 18.4 Å². The van der Waals surface area contributed by atoms with Crippen LogP contribution in [0, 0.1) is 11.6 Å². The minimum Gasteiger partial charge on any atom is -0.480 e. The SMILES string of the molecule is O=C(O)C1COCCN1C(=O)c1ccc(F)c(F)c1. The number of amides is 1. The minimum atomic E-state index is -1.20. The molecule has 1 amide bonds. The molecule has 19 heavy (non-hydrogen) atoms. The van der Waals surface area contributed by atoms with Crippen molar-refractivity contribution in [2.45, 2.75) is 6.04 Å². The molecular formula is C12H11F2NO4.